The lowest BCUT2D eigenvalue weighted by Crippen LogP contribution is -2.30. The summed E-state index contributed by atoms with van der Waals surface area (Å²) < 4.78 is 16.3. The van der Waals surface area contributed by atoms with E-state index in [0.29, 0.717) is 36.0 Å². The number of aryl methyl sites for hydroxylation is 2. The number of hydrogen-bond acceptors (Lipinski definition) is 5. The highest BCUT2D eigenvalue weighted by atomic mass is 16.6. The van der Waals surface area contributed by atoms with Crippen molar-refractivity contribution in [2.75, 3.05) is 18.5 Å². The molecule has 7 nitrogen and oxygen atoms in total. The summed E-state index contributed by atoms with van der Waals surface area (Å²) in [7, 11) is 0. The van der Waals surface area contributed by atoms with Gasteiger partial charge < -0.3 is 24.5 Å². The van der Waals surface area contributed by atoms with Crippen molar-refractivity contribution in [2.45, 2.75) is 26.9 Å². The van der Waals surface area contributed by atoms with Gasteiger partial charge in [-0.25, -0.2) is 4.79 Å². The van der Waals surface area contributed by atoms with E-state index in [1.165, 1.54) is 6.92 Å². The van der Waals surface area contributed by atoms with Crippen LogP contribution in [0.15, 0.2) is 36.4 Å². The number of carbonyl (C=O) groups excluding carboxylic acids is 2. The van der Waals surface area contributed by atoms with Gasteiger partial charge >= 0.3 is 5.97 Å². The Hall–Kier alpha value is -3.48. The summed E-state index contributed by atoms with van der Waals surface area (Å²) in [6.45, 7) is 6.47. The largest absolute Gasteiger partial charge is 0.486 e. The Morgan fingerprint density at radius 3 is 2.62 bits per heavy atom. The van der Waals surface area contributed by atoms with Crippen LogP contribution in [0.5, 0.6) is 11.5 Å². The van der Waals surface area contributed by atoms with E-state index in [2.05, 4.69) is 10.3 Å². The average Bonchev–Trinajstić information content (AvgIpc) is 3.01. The lowest BCUT2D eigenvalue weighted by molar-refractivity contribution is -0.123. The number of fused-ring (bicyclic) bond motifs is 2. The number of aromatic nitrogens is 1. The molecule has 3 aromatic rings. The number of H-pyrrole nitrogens is 1. The molecule has 0 bridgehead atoms. The SMILES string of the molecule is Cc1[nH]c2ccc(C(=O)O[C@H](C)C(=O)Nc3ccc4c(c3)OCCO4)cc2c1C. The van der Waals surface area contributed by atoms with E-state index in [9.17, 15) is 9.59 Å². The second-order valence-corrected chi connectivity index (χ2v) is 7.03. The zero-order chi connectivity index (χ0) is 20.5. The molecule has 1 atom stereocenters. The van der Waals surface area contributed by atoms with Crippen LogP contribution in [0.1, 0.15) is 28.5 Å². The Morgan fingerprint density at radius 1 is 1.07 bits per heavy atom. The van der Waals surface area contributed by atoms with Gasteiger partial charge in [0.25, 0.3) is 5.91 Å². The Morgan fingerprint density at radius 2 is 1.83 bits per heavy atom. The fraction of sp³-hybridized carbons (Fsp3) is 0.273. The first-order valence-electron chi connectivity index (χ1n) is 9.43. The first-order chi connectivity index (χ1) is 13.9. The lowest BCUT2D eigenvalue weighted by Gasteiger charge is -2.19. The molecule has 1 amide bonds. The third-order valence-corrected chi connectivity index (χ3v) is 5.01. The highest BCUT2D eigenvalue weighted by Crippen LogP contribution is 2.32. The topological polar surface area (TPSA) is 89.7 Å². The van der Waals surface area contributed by atoms with Crippen molar-refractivity contribution in [1.82, 2.24) is 4.98 Å². The molecule has 150 valence electrons. The monoisotopic (exact) mass is 394 g/mol. The van der Waals surface area contributed by atoms with Gasteiger partial charge in [-0.3, -0.25) is 4.79 Å². The molecule has 2 aromatic carbocycles. The third-order valence-electron chi connectivity index (χ3n) is 5.01. The van der Waals surface area contributed by atoms with Crippen LogP contribution in [0.25, 0.3) is 10.9 Å². The number of nitrogens with one attached hydrogen (secondary N) is 2. The van der Waals surface area contributed by atoms with Crippen molar-refractivity contribution in [1.29, 1.82) is 0 Å². The normalized spacial score (nSPS) is 13.8. The number of amides is 1. The van der Waals surface area contributed by atoms with Crippen LogP contribution in [0.4, 0.5) is 5.69 Å². The van der Waals surface area contributed by atoms with Crippen molar-refractivity contribution < 1.29 is 23.8 Å². The second-order valence-electron chi connectivity index (χ2n) is 7.03. The molecule has 0 aliphatic carbocycles. The first-order valence-corrected chi connectivity index (χ1v) is 9.43. The van der Waals surface area contributed by atoms with Crippen molar-refractivity contribution in [3.05, 3.63) is 53.2 Å². The van der Waals surface area contributed by atoms with E-state index >= 15 is 0 Å². The Labute approximate surface area is 168 Å². The minimum atomic E-state index is -0.958. The maximum absolute atomic E-state index is 12.5. The number of aromatic amines is 1. The quantitative estimate of drug-likeness (QED) is 0.658. The smallest absolute Gasteiger partial charge is 0.338 e. The van der Waals surface area contributed by atoms with Gasteiger partial charge in [0.15, 0.2) is 17.6 Å². The fourth-order valence-electron chi connectivity index (χ4n) is 3.24. The molecule has 1 aliphatic heterocycles. The Bertz CT molecular complexity index is 1100. The van der Waals surface area contributed by atoms with E-state index in [0.717, 1.165) is 22.2 Å². The molecule has 2 heterocycles. The zero-order valence-electron chi connectivity index (χ0n) is 16.5. The lowest BCUT2D eigenvalue weighted by atomic mass is 10.1. The minimum absolute atomic E-state index is 0.401. The zero-order valence-corrected chi connectivity index (χ0v) is 16.5. The number of anilines is 1. The van der Waals surface area contributed by atoms with Gasteiger partial charge in [-0.05, 0) is 56.7 Å². The summed E-state index contributed by atoms with van der Waals surface area (Å²) in [6.07, 6.45) is -0.958. The molecule has 0 fully saturated rings. The summed E-state index contributed by atoms with van der Waals surface area (Å²) in [6, 6.07) is 10.4. The first kappa shape index (κ1) is 18.9. The van der Waals surface area contributed by atoms with Crippen molar-refractivity contribution in [2.24, 2.45) is 0 Å². The standard InChI is InChI=1S/C22H22N2O5/c1-12-13(2)23-18-6-4-15(10-17(12)18)22(26)29-14(3)21(25)24-16-5-7-19-20(11-16)28-9-8-27-19/h4-7,10-11,14,23H,8-9H2,1-3H3,(H,24,25)/t14-/m1/s1. The number of benzene rings is 2. The molecule has 0 radical (unpaired) electrons. The van der Waals surface area contributed by atoms with E-state index in [1.807, 2.05) is 19.9 Å². The van der Waals surface area contributed by atoms with Crippen LogP contribution >= 0.6 is 0 Å². The molecule has 7 heteroatoms. The van der Waals surface area contributed by atoms with Gasteiger partial charge in [-0.15, -0.1) is 0 Å². The molecule has 1 aromatic heterocycles. The number of rotatable bonds is 4. The van der Waals surface area contributed by atoms with Crippen molar-refractivity contribution in [3.8, 4) is 11.5 Å². The average molecular weight is 394 g/mol. The summed E-state index contributed by atoms with van der Waals surface area (Å²) in [4.78, 5) is 28.2. The van der Waals surface area contributed by atoms with Crippen molar-refractivity contribution in [3.63, 3.8) is 0 Å². The maximum atomic E-state index is 12.5. The highest BCUT2D eigenvalue weighted by molar-refractivity contribution is 5.99. The number of esters is 1. The number of ether oxygens (including phenoxy) is 3. The summed E-state index contributed by atoms with van der Waals surface area (Å²) in [5.41, 5.74) is 4.04. The van der Waals surface area contributed by atoms with Crippen LogP contribution in [0.2, 0.25) is 0 Å². The third kappa shape index (κ3) is 3.76. The van der Waals surface area contributed by atoms with Gasteiger partial charge in [0, 0.05) is 28.4 Å². The molecule has 4 rings (SSSR count). The molecule has 1 aliphatic rings. The van der Waals surface area contributed by atoms with Crippen LogP contribution in [0, 0.1) is 13.8 Å². The van der Waals surface area contributed by atoms with Crippen molar-refractivity contribution >= 4 is 28.5 Å². The van der Waals surface area contributed by atoms with Crippen LogP contribution in [0.3, 0.4) is 0 Å². The van der Waals surface area contributed by atoms with Crippen LogP contribution < -0.4 is 14.8 Å². The maximum Gasteiger partial charge on any atom is 0.338 e. The second kappa shape index (κ2) is 7.50. The van der Waals surface area contributed by atoms with Gasteiger partial charge in [0.05, 0.1) is 5.56 Å². The highest BCUT2D eigenvalue weighted by Gasteiger charge is 2.21. The van der Waals surface area contributed by atoms with E-state index < -0.39 is 18.0 Å². The molecular weight excluding hydrogens is 372 g/mol. The van der Waals surface area contributed by atoms with Gasteiger partial charge in [0.2, 0.25) is 0 Å². The summed E-state index contributed by atoms with van der Waals surface area (Å²) in [5, 5.41) is 3.70. The van der Waals surface area contributed by atoms with E-state index in [1.54, 1.807) is 30.3 Å². The van der Waals surface area contributed by atoms with E-state index in [-0.39, 0.29) is 0 Å². The van der Waals surface area contributed by atoms with Crippen LogP contribution in [-0.2, 0) is 9.53 Å². The van der Waals surface area contributed by atoms with E-state index in [4.69, 9.17) is 14.2 Å². The fourth-order valence-corrected chi connectivity index (χ4v) is 3.24. The Balaban J connectivity index is 1.43. The predicted octanol–water partition coefficient (Wildman–Crippen LogP) is 3.74. The van der Waals surface area contributed by atoms with Crippen LogP contribution in [-0.4, -0.2) is 36.2 Å². The molecule has 29 heavy (non-hydrogen) atoms. The molecule has 0 spiro atoms. The Kier molecular flexibility index (Phi) is 4.88. The predicted molar refractivity (Wildman–Crippen MR) is 109 cm³/mol. The van der Waals surface area contributed by atoms with Gasteiger partial charge in [0.1, 0.15) is 13.2 Å². The molecule has 0 saturated carbocycles. The van der Waals surface area contributed by atoms with Gasteiger partial charge in [-0.1, -0.05) is 0 Å². The molecule has 0 saturated heterocycles. The summed E-state index contributed by atoms with van der Waals surface area (Å²) >= 11 is 0. The molecule has 2 N–H and O–H groups in total. The molecule has 0 unspecified atom stereocenters. The van der Waals surface area contributed by atoms with Gasteiger partial charge in [-0.2, -0.15) is 0 Å². The molecular formula is C22H22N2O5. The number of carbonyl (C=O) groups is 2. The minimum Gasteiger partial charge on any atom is -0.486 e. The number of hydrogen-bond donors (Lipinski definition) is 2. The summed E-state index contributed by atoms with van der Waals surface area (Å²) in [5.74, 6) is 0.239.